The Morgan fingerprint density at radius 2 is 1.74 bits per heavy atom. The van der Waals surface area contributed by atoms with Crippen LogP contribution in [-0.4, -0.2) is 15.7 Å². The smallest absolute Gasteiger partial charge is 0.266 e. The van der Waals surface area contributed by atoms with Crippen molar-refractivity contribution in [2.75, 3.05) is 5.32 Å². The molecule has 0 saturated carbocycles. The molecule has 5 nitrogen and oxygen atoms in total. The van der Waals surface area contributed by atoms with Crippen LogP contribution in [0.15, 0.2) is 65.5 Å². The Kier molecular flexibility index (Phi) is 5.98. The Balaban J connectivity index is 1.59. The monoisotopic (exact) mass is 385 g/mol. The summed E-state index contributed by atoms with van der Waals surface area (Å²) in [6, 6.07) is 15.7. The van der Waals surface area contributed by atoms with Gasteiger partial charge in [0.1, 0.15) is 5.82 Å². The van der Waals surface area contributed by atoms with Crippen molar-refractivity contribution in [3.63, 3.8) is 0 Å². The van der Waals surface area contributed by atoms with E-state index in [-0.39, 0.29) is 23.7 Å². The fourth-order valence-electron chi connectivity index (χ4n) is 2.53. The van der Waals surface area contributed by atoms with E-state index in [1.807, 2.05) is 0 Å². The van der Waals surface area contributed by atoms with Crippen molar-refractivity contribution < 1.29 is 9.18 Å². The largest absolute Gasteiger partial charge is 0.326 e. The van der Waals surface area contributed by atoms with Crippen LogP contribution in [0.2, 0.25) is 5.02 Å². The number of hydrogen-bond donors (Lipinski definition) is 1. The molecule has 0 unspecified atom stereocenters. The van der Waals surface area contributed by atoms with Gasteiger partial charge in [0, 0.05) is 35.3 Å². The number of amides is 1. The van der Waals surface area contributed by atoms with Gasteiger partial charge in [0.05, 0.1) is 5.69 Å². The van der Waals surface area contributed by atoms with Crippen LogP contribution in [-0.2, 0) is 11.3 Å². The number of halogens is 2. The summed E-state index contributed by atoms with van der Waals surface area (Å²) in [5.41, 5.74) is 1.70. The van der Waals surface area contributed by atoms with E-state index in [0.29, 0.717) is 34.9 Å². The van der Waals surface area contributed by atoms with Crippen LogP contribution in [0.25, 0.3) is 11.3 Å². The third kappa shape index (κ3) is 5.24. The Morgan fingerprint density at radius 3 is 2.44 bits per heavy atom. The summed E-state index contributed by atoms with van der Waals surface area (Å²) in [4.78, 5) is 24.0. The number of nitrogens with one attached hydrogen (secondary N) is 1. The van der Waals surface area contributed by atoms with Crippen molar-refractivity contribution in [2.45, 2.75) is 19.4 Å². The van der Waals surface area contributed by atoms with Gasteiger partial charge in [-0.05, 0) is 61.0 Å². The third-order valence-corrected chi connectivity index (χ3v) is 4.16. The van der Waals surface area contributed by atoms with E-state index in [2.05, 4.69) is 10.4 Å². The van der Waals surface area contributed by atoms with E-state index in [4.69, 9.17) is 11.6 Å². The predicted octanol–water partition coefficient (Wildman–Crippen LogP) is 4.12. The van der Waals surface area contributed by atoms with Crippen molar-refractivity contribution in [3.05, 3.63) is 81.9 Å². The molecule has 138 valence electrons. The highest BCUT2D eigenvalue weighted by atomic mass is 35.5. The highest BCUT2D eigenvalue weighted by Crippen LogP contribution is 2.16. The molecule has 1 N–H and O–H groups in total. The molecule has 27 heavy (non-hydrogen) atoms. The Morgan fingerprint density at radius 1 is 1.04 bits per heavy atom. The zero-order valence-corrected chi connectivity index (χ0v) is 15.1. The van der Waals surface area contributed by atoms with Gasteiger partial charge in [-0.1, -0.05) is 11.6 Å². The molecular weight excluding hydrogens is 369 g/mol. The summed E-state index contributed by atoms with van der Waals surface area (Å²) < 4.78 is 14.4. The van der Waals surface area contributed by atoms with Crippen LogP contribution in [0.4, 0.5) is 10.1 Å². The summed E-state index contributed by atoms with van der Waals surface area (Å²) in [5.74, 6) is -0.487. The molecule has 2 aromatic carbocycles. The molecule has 1 aromatic heterocycles. The van der Waals surface area contributed by atoms with Gasteiger partial charge in [0.25, 0.3) is 5.56 Å². The molecule has 0 spiro atoms. The van der Waals surface area contributed by atoms with E-state index < -0.39 is 0 Å². The normalized spacial score (nSPS) is 10.6. The molecule has 0 bridgehead atoms. The number of rotatable bonds is 6. The number of benzene rings is 2. The van der Waals surface area contributed by atoms with Crippen molar-refractivity contribution >= 4 is 23.2 Å². The Labute approximate surface area is 160 Å². The van der Waals surface area contributed by atoms with Crippen LogP contribution in [0, 0.1) is 5.82 Å². The van der Waals surface area contributed by atoms with Gasteiger partial charge in [0.2, 0.25) is 5.91 Å². The second-order valence-corrected chi connectivity index (χ2v) is 6.38. The van der Waals surface area contributed by atoms with Gasteiger partial charge in [-0.15, -0.1) is 0 Å². The highest BCUT2D eigenvalue weighted by molar-refractivity contribution is 6.30. The summed E-state index contributed by atoms with van der Waals surface area (Å²) >= 11 is 5.81. The quantitative estimate of drug-likeness (QED) is 0.694. The first kappa shape index (κ1) is 18.8. The molecule has 7 heteroatoms. The summed E-state index contributed by atoms with van der Waals surface area (Å²) in [5, 5.41) is 7.67. The van der Waals surface area contributed by atoms with Crippen LogP contribution < -0.4 is 10.9 Å². The molecule has 0 aliphatic rings. The minimum absolute atomic E-state index is 0.153. The fourth-order valence-corrected chi connectivity index (χ4v) is 2.66. The van der Waals surface area contributed by atoms with E-state index in [9.17, 15) is 14.0 Å². The van der Waals surface area contributed by atoms with Crippen LogP contribution >= 0.6 is 11.6 Å². The lowest BCUT2D eigenvalue weighted by Gasteiger charge is -2.08. The van der Waals surface area contributed by atoms with Crippen LogP contribution in [0.1, 0.15) is 12.8 Å². The summed E-state index contributed by atoms with van der Waals surface area (Å²) in [6.45, 7) is 0.307. The minimum atomic E-state index is -0.334. The first-order valence-electron chi connectivity index (χ1n) is 8.41. The Hall–Kier alpha value is -2.99. The molecule has 0 aliphatic heterocycles. The zero-order valence-electron chi connectivity index (χ0n) is 14.4. The Bertz CT molecular complexity index is 985. The van der Waals surface area contributed by atoms with Crippen LogP contribution in [0.5, 0.6) is 0 Å². The molecule has 0 aliphatic carbocycles. The molecule has 1 heterocycles. The average Bonchev–Trinajstić information content (AvgIpc) is 2.66. The second-order valence-electron chi connectivity index (χ2n) is 5.95. The maximum Gasteiger partial charge on any atom is 0.266 e. The number of hydrogen-bond acceptors (Lipinski definition) is 3. The lowest BCUT2D eigenvalue weighted by atomic mass is 10.1. The number of anilines is 1. The number of carbonyl (C=O) groups excluding carboxylic acids is 1. The van der Waals surface area contributed by atoms with Crippen LogP contribution in [0.3, 0.4) is 0 Å². The van der Waals surface area contributed by atoms with E-state index in [1.54, 1.807) is 42.5 Å². The van der Waals surface area contributed by atoms with Gasteiger partial charge in [-0.3, -0.25) is 9.59 Å². The molecule has 0 atom stereocenters. The molecule has 3 aromatic rings. The predicted molar refractivity (Wildman–Crippen MR) is 103 cm³/mol. The first-order valence-corrected chi connectivity index (χ1v) is 8.78. The zero-order chi connectivity index (χ0) is 19.2. The average molecular weight is 386 g/mol. The molecule has 0 saturated heterocycles. The molecular formula is C20H17ClFN3O2. The third-order valence-electron chi connectivity index (χ3n) is 3.91. The van der Waals surface area contributed by atoms with Crippen molar-refractivity contribution in [1.29, 1.82) is 0 Å². The molecule has 0 radical (unpaired) electrons. The van der Waals surface area contributed by atoms with Gasteiger partial charge in [-0.2, -0.15) is 5.10 Å². The number of nitrogens with zero attached hydrogens (tertiary/aromatic N) is 2. The van der Waals surface area contributed by atoms with Gasteiger partial charge in [-0.25, -0.2) is 9.07 Å². The van der Waals surface area contributed by atoms with Crippen molar-refractivity contribution in [2.24, 2.45) is 0 Å². The maximum atomic E-state index is 13.0. The van der Waals surface area contributed by atoms with E-state index in [1.165, 1.54) is 22.9 Å². The lowest BCUT2D eigenvalue weighted by molar-refractivity contribution is -0.116. The molecule has 0 fully saturated rings. The topological polar surface area (TPSA) is 64.0 Å². The number of carbonyl (C=O) groups is 1. The van der Waals surface area contributed by atoms with Gasteiger partial charge >= 0.3 is 0 Å². The fraction of sp³-hybridized carbons (Fsp3) is 0.150. The molecule has 1 amide bonds. The van der Waals surface area contributed by atoms with Crippen molar-refractivity contribution in [1.82, 2.24) is 9.78 Å². The highest BCUT2D eigenvalue weighted by Gasteiger charge is 2.06. The van der Waals surface area contributed by atoms with E-state index >= 15 is 0 Å². The number of aromatic nitrogens is 2. The standard InChI is InChI=1S/C20H17ClFN3O2/c21-15-5-9-17(10-6-15)23-19(26)2-1-13-25-20(27)12-11-18(24-25)14-3-7-16(22)8-4-14/h3-12H,1-2,13H2,(H,23,26). The number of aryl methyl sites for hydroxylation is 1. The SMILES string of the molecule is O=C(CCCn1nc(-c2ccc(F)cc2)ccc1=O)Nc1ccc(Cl)cc1. The second kappa shape index (κ2) is 8.60. The van der Waals surface area contributed by atoms with Crippen molar-refractivity contribution in [3.8, 4) is 11.3 Å². The summed E-state index contributed by atoms with van der Waals surface area (Å²) in [7, 11) is 0. The maximum absolute atomic E-state index is 13.0. The summed E-state index contributed by atoms with van der Waals surface area (Å²) in [6.07, 6.45) is 0.705. The minimum Gasteiger partial charge on any atom is -0.326 e. The lowest BCUT2D eigenvalue weighted by Crippen LogP contribution is -2.23. The van der Waals surface area contributed by atoms with Gasteiger partial charge < -0.3 is 5.32 Å². The van der Waals surface area contributed by atoms with Gasteiger partial charge in [0.15, 0.2) is 0 Å². The molecule has 3 rings (SSSR count). The van der Waals surface area contributed by atoms with E-state index in [0.717, 1.165) is 0 Å². The first-order chi connectivity index (χ1) is 13.0.